The molecule has 1 aliphatic rings. The number of rotatable bonds is 8. The number of hydrogen-bond donors (Lipinski definition) is 3. The molecule has 3 aromatic rings. The molecule has 1 atom stereocenters. The van der Waals surface area contributed by atoms with E-state index < -0.39 is 17.5 Å². The number of amides is 1. The molecule has 4 rings (SSSR count). The fraction of sp³-hybridized carbons (Fsp3) is 0.345. The van der Waals surface area contributed by atoms with E-state index in [0.29, 0.717) is 34.3 Å². The number of nitrogens with one attached hydrogen (secondary N) is 2. The third-order valence-electron chi connectivity index (χ3n) is 6.44. The van der Waals surface area contributed by atoms with Crippen LogP contribution in [0.15, 0.2) is 57.3 Å². The normalized spacial score (nSPS) is 15.3. The molecule has 8 heteroatoms. The summed E-state index contributed by atoms with van der Waals surface area (Å²) in [5, 5.41) is 15.9. The van der Waals surface area contributed by atoms with E-state index >= 15 is 0 Å². The average molecular weight is 505 g/mol. The Hall–Kier alpha value is -3.91. The lowest BCUT2D eigenvalue weighted by Crippen LogP contribution is -2.37. The number of anilines is 1. The van der Waals surface area contributed by atoms with Gasteiger partial charge in [0, 0.05) is 23.1 Å². The molecule has 1 unspecified atom stereocenters. The molecule has 8 nitrogen and oxygen atoms in total. The second-order valence-corrected chi connectivity index (χ2v) is 9.63. The Balaban J connectivity index is 1.58. The van der Waals surface area contributed by atoms with Gasteiger partial charge in [-0.1, -0.05) is 17.7 Å². The smallest absolute Gasteiger partial charge is 0.360 e. The molecule has 1 saturated heterocycles. The van der Waals surface area contributed by atoms with Crippen molar-refractivity contribution in [1.82, 2.24) is 5.32 Å². The van der Waals surface area contributed by atoms with Gasteiger partial charge in [0.2, 0.25) is 0 Å². The highest BCUT2D eigenvalue weighted by molar-refractivity contribution is 6.05. The van der Waals surface area contributed by atoms with Crippen LogP contribution < -0.4 is 21.0 Å². The molecule has 1 aromatic heterocycles. The Morgan fingerprint density at radius 1 is 1.19 bits per heavy atom. The van der Waals surface area contributed by atoms with E-state index in [1.165, 1.54) is 0 Å². The lowest BCUT2D eigenvalue weighted by molar-refractivity contribution is -0.136. The van der Waals surface area contributed by atoms with Crippen LogP contribution in [0.1, 0.15) is 53.7 Å². The van der Waals surface area contributed by atoms with Crippen molar-refractivity contribution in [3.63, 3.8) is 0 Å². The van der Waals surface area contributed by atoms with Gasteiger partial charge in [-0.25, -0.2) is 4.79 Å². The number of carboxylic acids is 1. The highest BCUT2D eigenvalue weighted by Crippen LogP contribution is 2.29. The Bertz CT molecular complexity index is 1410. The monoisotopic (exact) mass is 504 g/mol. The van der Waals surface area contributed by atoms with Crippen LogP contribution in [0, 0.1) is 6.92 Å². The van der Waals surface area contributed by atoms with Gasteiger partial charge in [-0.2, -0.15) is 0 Å². The molecule has 0 spiro atoms. The van der Waals surface area contributed by atoms with Gasteiger partial charge < -0.3 is 24.9 Å². The van der Waals surface area contributed by atoms with Crippen LogP contribution in [-0.2, 0) is 17.6 Å². The molecule has 2 aromatic carbocycles. The SMILES string of the molecule is CC(C)=CCc1cc(C(=O)Nc2cc3ccc(OC4CCCNC4)c(C)c3oc2=O)ccc1CC(=O)O. The summed E-state index contributed by atoms with van der Waals surface area (Å²) in [6.07, 6.45) is 4.43. The molecular weight excluding hydrogens is 472 g/mol. The van der Waals surface area contributed by atoms with Crippen molar-refractivity contribution in [2.24, 2.45) is 0 Å². The van der Waals surface area contributed by atoms with Gasteiger partial charge in [-0.3, -0.25) is 9.59 Å². The number of carbonyl (C=O) groups excluding carboxylic acids is 1. The zero-order valence-electron chi connectivity index (χ0n) is 21.3. The first kappa shape index (κ1) is 26.2. The van der Waals surface area contributed by atoms with E-state index in [9.17, 15) is 19.5 Å². The van der Waals surface area contributed by atoms with Crippen molar-refractivity contribution in [3.05, 3.63) is 80.7 Å². The lowest BCUT2D eigenvalue weighted by atomic mass is 9.98. The van der Waals surface area contributed by atoms with E-state index in [0.717, 1.165) is 42.6 Å². The topological polar surface area (TPSA) is 118 Å². The van der Waals surface area contributed by atoms with Crippen molar-refractivity contribution in [3.8, 4) is 5.75 Å². The second kappa shape index (κ2) is 11.4. The van der Waals surface area contributed by atoms with Crippen molar-refractivity contribution in [2.75, 3.05) is 18.4 Å². The molecule has 1 aliphatic heterocycles. The molecule has 3 N–H and O–H groups in total. The zero-order chi connectivity index (χ0) is 26.5. The number of aliphatic carboxylic acids is 1. The Morgan fingerprint density at radius 3 is 2.70 bits per heavy atom. The van der Waals surface area contributed by atoms with Gasteiger partial charge in [-0.15, -0.1) is 0 Å². The zero-order valence-corrected chi connectivity index (χ0v) is 21.3. The number of allylic oxidation sites excluding steroid dienone is 2. The summed E-state index contributed by atoms with van der Waals surface area (Å²) in [5.41, 5.74) is 3.33. The minimum absolute atomic E-state index is 0.0301. The maximum Gasteiger partial charge on any atom is 0.360 e. The van der Waals surface area contributed by atoms with Crippen molar-refractivity contribution >= 4 is 28.5 Å². The summed E-state index contributed by atoms with van der Waals surface area (Å²) in [5.74, 6) is -0.747. The fourth-order valence-electron chi connectivity index (χ4n) is 4.42. The Labute approximate surface area is 215 Å². The van der Waals surface area contributed by atoms with Crippen LogP contribution in [0.25, 0.3) is 11.0 Å². The minimum atomic E-state index is -0.941. The van der Waals surface area contributed by atoms with Crippen LogP contribution in [0.4, 0.5) is 5.69 Å². The first-order valence-corrected chi connectivity index (χ1v) is 12.4. The van der Waals surface area contributed by atoms with Crippen LogP contribution in [0.2, 0.25) is 0 Å². The molecule has 194 valence electrons. The molecule has 0 bridgehead atoms. The number of aryl methyl sites for hydroxylation is 1. The van der Waals surface area contributed by atoms with E-state index in [1.54, 1.807) is 24.3 Å². The minimum Gasteiger partial charge on any atom is -0.489 e. The molecule has 1 amide bonds. The standard InChI is InChI=1S/C29H32N2O6/c1-17(2)6-7-19-13-22(9-8-20(19)15-26(32)33)28(34)31-24-14-21-10-11-25(18(3)27(21)37-29(24)35)36-23-5-4-12-30-16-23/h6,8-11,13-14,23,30H,4-5,7,12,15-16H2,1-3H3,(H,31,34)(H,32,33). The van der Waals surface area contributed by atoms with E-state index in [4.69, 9.17) is 9.15 Å². The third-order valence-corrected chi connectivity index (χ3v) is 6.44. The number of benzene rings is 2. The number of carboxylic acid groups (broad SMARTS) is 1. The summed E-state index contributed by atoms with van der Waals surface area (Å²) in [4.78, 5) is 37.0. The first-order chi connectivity index (χ1) is 17.7. The quantitative estimate of drug-likeness (QED) is 0.303. The fourth-order valence-corrected chi connectivity index (χ4v) is 4.42. The van der Waals surface area contributed by atoms with Crippen molar-refractivity contribution in [1.29, 1.82) is 0 Å². The largest absolute Gasteiger partial charge is 0.489 e. The highest BCUT2D eigenvalue weighted by atomic mass is 16.5. The molecule has 0 aliphatic carbocycles. The van der Waals surface area contributed by atoms with Gasteiger partial charge in [0.25, 0.3) is 5.91 Å². The predicted octanol–water partition coefficient (Wildman–Crippen LogP) is 4.62. The first-order valence-electron chi connectivity index (χ1n) is 12.4. The van der Waals surface area contributed by atoms with E-state index in [-0.39, 0.29) is 18.2 Å². The summed E-state index contributed by atoms with van der Waals surface area (Å²) >= 11 is 0. The molecule has 0 saturated carbocycles. The number of hydrogen-bond acceptors (Lipinski definition) is 6. The molecule has 1 fully saturated rings. The molecule has 2 heterocycles. The lowest BCUT2D eigenvalue weighted by Gasteiger charge is -2.24. The van der Waals surface area contributed by atoms with Gasteiger partial charge in [0.05, 0.1) is 6.42 Å². The Kier molecular flexibility index (Phi) is 8.08. The van der Waals surface area contributed by atoms with Gasteiger partial charge >= 0.3 is 11.6 Å². The van der Waals surface area contributed by atoms with Crippen molar-refractivity contribution in [2.45, 2.75) is 52.6 Å². The van der Waals surface area contributed by atoms with E-state index in [1.807, 2.05) is 39.0 Å². The Morgan fingerprint density at radius 2 is 2.00 bits per heavy atom. The summed E-state index contributed by atoms with van der Waals surface area (Å²) in [6.45, 7) is 7.53. The summed E-state index contributed by atoms with van der Waals surface area (Å²) in [7, 11) is 0. The van der Waals surface area contributed by atoms with Gasteiger partial charge in [0.15, 0.2) is 0 Å². The molecule has 37 heavy (non-hydrogen) atoms. The maximum absolute atomic E-state index is 13.0. The molecular formula is C29H32N2O6. The van der Waals surface area contributed by atoms with Crippen LogP contribution >= 0.6 is 0 Å². The van der Waals surface area contributed by atoms with Crippen LogP contribution in [0.3, 0.4) is 0 Å². The summed E-state index contributed by atoms with van der Waals surface area (Å²) in [6, 6.07) is 10.1. The predicted molar refractivity (Wildman–Crippen MR) is 143 cm³/mol. The molecule has 0 radical (unpaired) electrons. The highest BCUT2D eigenvalue weighted by Gasteiger charge is 2.19. The number of piperidine rings is 1. The van der Waals surface area contributed by atoms with Crippen LogP contribution in [0.5, 0.6) is 5.75 Å². The van der Waals surface area contributed by atoms with Crippen LogP contribution in [-0.4, -0.2) is 36.2 Å². The van der Waals surface area contributed by atoms with Gasteiger partial charge in [0.1, 0.15) is 23.1 Å². The van der Waals surface area contributed by atoms with Crippen molar-refractivity contribution < 1.29 is 23.8 Å². The van der Waals surface area contributed by atoms with Gasteiger partial charge in [-0.05, 0) is 88.0 Å². The number of fused-ring (bicyclic) bond motifs is 1. The number of carbonyl (C=O) groups is 2. The van der Waals surface area contributed by atoms with E-state index in [2.05, 4.69) is 10.6 Å². The average Bonchev–Trinajstić information content (AvgIpc) is 2.86. The third kappa shape index (κ3) is 6.46. The number of ether oxygens (including phenoxy) is 1. The summed E-state index contributed by atoms with van der Waals surface area (Å²) < 4.78 is 11.7. The second-order valence-electron chi connectivity index (χ2n) is 9.63. The maximum atomic E-state index is 13.0.